The smallest absolute Gasteiger partial charge is 0.243 e. The van der Waals surface area contributed by atoms with Crippen molar-refractivity contribution in [2.24, 2.45) is 0 Å². The highest BCUT2D eigenvalue weighted by molar-refractivity contribution is 6.30. The number of carbonyl (C=O) groups is 1. The fraction of sp³-hybridized carbons (Fsp3) is 0.263. The number of carbonyl (C=O) groups excluding carboxylic acids is 1. The van der Waals surface area contributed by atoms with Crippen molar-refractivity contribution in [3.63, 3.8) is 0 Å². The lowest BCUT2D eigenvalue weighted by Crippen LogP contribution is -2.30. The molecule has 1 amide bonds. The topological polar surface area (TPSA) is 91.2 Å². The zero-order valence-electron chi connectivity index (χ0n) is 15.0. The zero-order chi connectivity index (χ0) is 19.3. The second kappa shape index (κ2) is 8.26. The molecule has 0 bridgehead atoms. The highest BCUT2D eigenvalue weighted by atomic mass is 35.5. The molecule has 1 aliphatic rings. The minimum atomic E-state index is -0.183. The summed E-state index contributed by atoms with van der Waals surface area (Å²) in [7, 11) is 0. The number of halogens is 1. The van der Waals surface area contributed by atoms with Crippen molar-refractivity contribution in [3.05, 3.63) is 53.1 Å². The van der Waals surface area contributed by atoms with Crippen LogP contribution in [-0.4, -0.2) is 45.9 Å². The van der Waals surface area contributed by atoms with Crippen LogP contribution in [0.25, 0.3) is 11.4 Å². The number of aromatic nitrogens is 4. The van der Waals surface area contributed by atoms with Crippen LogP contribution in [-0.2, 0) is 17.8 Å². The summed E-state index contributed by atoms with van der Waals surface area (Å²) in [5.74, 6) is 1.77. The molecule has 9 heteroatoms. The summed E-state index contributed by atoms with van der Waals surface area (Å²) in [6.07, 6.45) is 0.684. The number of benzene rings is 2. The van der Waals surface area contributed by atoms with Gasteiger partial charge in [-0.05, 0) is 53.6 Å². The molecule has 0 spiro atoms. The monoisotopic (exact) mass is 399 g/mol. The van der Waals surface area contributed by atoms with E-state index in [0.717, 1.165) is 22.6 Å². The summed E-state index contributed by atoms with van der Waals surface area (Å²) in [5.41, 5.74) is 1.85. The van der Waals surface area contributed by atoms with Gasteiger partial charge in [-0.3, -0.25) is 4.79 Å². The first-order valence-corrected chi connectivity index (χ1v) is 9.24. The van der Waals surface area contributed by atoms with Crippen LogP contribution in [0.3, 0.4) is 0 Å². The Bertz CT molecular complexity index is 974. The van der Waals surface area contributed by atoms with Crippen LogP contribution in [0.4, 0.5) is 0 Å². The molecule has 3 aromatic rings. The van der Waals surface area contributed by atoms with E-state index in [1.807, 2.05) is 18.2 Å². The zero-order valence-corrected chi connectivity index (χ0v) is 15.7. The number of hydrogen-bond donors (Lipinski definition) is 1. The molecule has 28 heavy (non-hydrogen) atoms. The van der Waals surface area contributed by atoms with Gasteiger partial charge in [0.2, 0.25) is 11.7 Å². The van der Waals surface area contributed by atoms with Gasteiger partial charge in [0.15, 0.2) is 11.5 Å². The van der Waals surface area contributed by atoms with Crippen molar-refractivity contribution < 1.29 is 14.3 Å². The van der Waals surface area contributed by atoms with E-state index in [1.54, 1.807) is 24.3 Å². The van der Waals surface area contributed by atoms with Crippen LogP contribution in [0.5, 0.6) is 11.5 Å². The van der Waals surface area contributed by atoms with Gasteiger partial charge in [0.1, 0.15) is 19.8 Å². The molecular formula is C19H18ClN5O3. The van der Waals surface area contributed by atoms with E-state index >= 15 is 0 Å². The highest BCUT2D eigenvalue weighted by Crippen LogP contribution is 2.30. The maximum Gasteiger partial charge on any atom is 0.243 e. The van der Waals surface area contributed by atoms with Gasteiger partial charge in [-0.15, -0.1) is 10.2 Å². The van der Waals surface area contributed by atoms with Crippen LogP contribution in [0.1, 0.15) is 5.56 Å². The standard InChI is InChI=1S/C19H18ClN5O3/c20-15-4-2-14(3-5-15)19-22-24-25(23-19)12-18(26)21-8-7-13-1-6-16-17(11-13)28-10-9-27-16/h1-6,11H,7-10,12H2,(H,21,26). The number of nitrogens with one attached hydrogen (secondary N) is 1. The SMILES string of the molecule is O=C(Cn1nnc(-c2ccc(Cl)cc2)n1)NCCc1ccc2c(c1)OCCO2. The van der Waals surface area contributed by atoms with E-state index < -0.39 is 0 Å². The molecule has 0 radical (unpaired) electrons. The minimum Gasteiger partial charge on any atom is -0.486 e. The normalized spacial score (nSPS) is 12.6. The van der Waals surface area contributed by atoms with Gasteiger partial charge < -0.3 is 14.8 Å². The van der Waals surface area contributed by atoms with Gasteiger partial charge in [-0.2, -0.15) is 4.80 Å². The van der Waals surface area contributed by atoms with E-state index in [1.165, 1.54) is 4.80 Å². The van der Waals surface area contributed by atoms with Crippen molar-refractivity contribution in [2.45, 2.75) is 13.0 Å². The fourth-order valence-electron chi connectivity index (χ4n) is 2.80. The predicted octanol–water partition coefficient (Wildman–Crippen LogP) is 2.12. The molecule has 1 aliphatic heterocycles. The molecule has 0 unspecified atom stereocenters. The van der Waals surface area contributed by atoms with E-state index in [4.69, 9.17) is 21.1 Å². The van der Waals surface area contributed by atoms with Crippen molar-refractivity contribution >= 4 is 17.5 Å². The third kappa shape index (κ3) is 4.40. The van der Waals surface area contributed by atoms with Crippen LogP contribution in [0.15, 0.2) is 42.5 Å². The van der Waals surface area contributed by atoms with Crippen molar-refractivity contribution in [1.82, 2.24) is 25.5 Å². The molecule has 1 N–H and O–H groups in total. The van der Waals surface area contributed by atoms with E-state index in [9.17, 15) is 4.79 Å². The molecule has 2 heterocycles. The number of tetrazole rings is 1. The first kappa shape index (κ1) is 18.2. The number of ether oxygens (including phenoxy) is 2. The van der Waals surface area contributed by atoms with Crippen molar-refractivity contribution in [1.29, 1.82) is 0 Å². The van der Waals surface area contributed by atoms with Gasteiger partial charge in [-0.25, -0.2) is 0 Å². The first-order valence-electron chi connectivity index (χ1n) is 8.86. The van der Waals surface area contributed by atoms with Crippen LogP contribution >= 0.6 is 11.6 Å². The average Bonchev–Trinajstić information content (AvgIpc) is 3.17. The Kier molecular flexibility index (Phi) is 5.38. The average molecular weight is 400 g/mol. The molecule has 4 rings (SSSR count). The Morgan fingerprint density at radius 3 is 2.71 bits per heavy atom. The largest absolute Gasteiger partial charge is 0.486 e. The highest BCUT2D eigenvalue weighted by Gasteiger charge is 2.12. The van der Waals surface area contributed by atoms with Crippen LogP contribution in [0.2, 0.25) is 5.02 Å². The molecule has 8 nitrogen and oxygen atoms in total. The van der Waals surface area contributed by atoms with E-state index in [2.05, 4.69) is 20.7 Å². The van der Waals surface area contributed by atoms with Gasteiger partial charge in [-0.1, -0.05) is 17.7 Å². The third-order valence-electron chi connectivity index (χ3n) is 4.18. The predicted molar refractivity (Wildman–Crippen MR) is 102 cm³/mol. The van der Waals surface area contributed by atoms with Gasteiger partial charge in [0, 0.05) is 17.1 Å². The molecule has 0 saturated heterocycles. The molecule has 0 fully saturated rings. The Labute approximate surface area is 166 Å². The number of amides is 1. The summed E-state index contributed by atoms with van der Waals surface area (Å²) in [5, 5.41) is 15.6. The van der Waals surface area contributed by atoms with Crippen molar-refractivity contribution in [3.8, 4) is 22.9 Å². The third-order valence-corrected chi connectivity index (χ3v) is 4.43. The van der Waals surface area contributed by atoms with E-state index in [0.29, 0.717) is 37.0 Å². The Hall–Kier alpha value is -3.13. The number of hydrogen-bond acceptors (Lipinski definition) is 6. The maximum absolute atomic E-state index is 12.1. The molecular weight excluding hydrogens is 382 g/mol. The van der Waals surface area contributed by atoms with Crippen LogP contribution in [0, 0.1) is 0 Å². The first-order chi connectivity index (χ1) is 13.7. The Morgan fingerprint density at radius 1 is 1.11 bits per heavy atom. The number of rotatable bonds is 6. The lowest BCUT2D eigenvalue weighted by molar-refractivity contribution is -0.122. The van der Waals surface area contributed by atoms with Gasteiger partial charge >= 0.3 is 0 Å². The minimum absolute atomic E-state index is 0.00171. The summed E-state index contributed by atoms with van der Waals surface area (Å²) in [6, 6.07) is 12.9. The summed E-state index contributed by atoms with van der Waals surface area (Å²) >= 11 is 5.87. The summed E-state index contributed by atoms with van der Waals surface area (Å²) in [6.45, 7) is 1.62. The molecule has 1 aromatic heterocycles. The molecule has 0 aliphatic carbocycles. The second-order valence-corrected chi connectivity index (χ2v) is 6.66. The molecule has 0 atom stereocenters. The van der Waals surface area contributed by atoms with Crippen molar-refractivity contribution in [2.75, 3.05) is 19.8 Å². The Morgan fingerprint density at radius 2 is 1.89 bits per heavy atom. The van der Waals surface area contributed by atoms with Gasteiger partial charge in [0.25, 0.3) is 0 Å². The maximum atomic E-state index is 12.1. The quantitative estimate of drug-likeness (QED) is 0.682. The lowest BCUT2D eigenvalue weighted by Gasteiger charge is -2.18. The summed E-state index contributed by atoms with van der Waals surface area (Å²) in [4.78, 5) is 13.4. The summed E-state index contributed by atoms with van der Waals surface area (Å²) < 4.78 is 11.1. The number of nitrogens with zero attached hydrogens (tertiary/aromatic N) is 4. The molecule has 2 aromatic carbocycles. The van der Waals surface area contributed by atoms with Crippen LogP contribution < -0.4 is 14.8 Å². The van der Waals surface area contributed by atoms with E-state index in [-0.39, 0.29) is 12.5 Å². The lowest BCUT2D eigenvalue weighted by atomic mass is 10.1. The van der Waals surface area contributed by atoms with Gasteiger partial charge in [0.05, 0.1) is 0 Å². The fourth-order valence-corrected chi connectivity index (χ4v) is 2.92. The molecule has 0 saturated carbocycles. The number of fused-ring (bicyclic) bond motifs is 1. The second-order valence-electron chi connectivity index (χ2n) is 6.23. The Balaban J connectivity index is 1.27. The molecule has 144 valence electrons.